The smallest absolute Gasteiger partial charge is 0.0615 e. The van der Waals surface area contributed by atoms with Crippen molar-refractivity contribution >= 4 is 0 Å². The Morgan fingerprint density at radius 1 is 1.62 bits per heavy atom. The Hall–Kier alpha value is -0.340. The van der Waals surface area contributed by atoms with Crippen molar-refractivity contribution in [1.82, 2.24) is 4.90 Å². The summed E-state index contributed by atoms with van der Waals surface area (Å²) in [6, 6.07) is 0.423. The Bertz CT molecular complexity index is 189. The van der Waals surface area contributed by atoms with Gasteiger partial charge < -0.3 is 5.11 Å². The van der Waals surface area contributed by atoms with Crippen molar-refractivity contribution in [2.24, 2.45) is 5.41 Å². The maximum absolute atomic E-state index is 9.76. The molecule has 0 aromatic carbocycles. The largest absolute Gasteiger partial charge is 0.392 e. The van der Waals surface area contributed by atoms with Gasteiger partial charge in [-0.15, -0.1) is 6.58 Å². The van der Waals surface area contributed by atoms with Crippen molar-refractivity contribution in [3.05, 3.63) is 12.7 Å². The minimum Gasteiger partial charge on any atom is -0.392 e. The highest BCUT2D eigenvalue weighted by Gasteiger charge is 2.35. The van der Waals surface area contributed by atoms with E-state index in [4.69, 9.17) is 0 Å². The lowest BCUT2D eigenvalue weighted by Gasteiger charge is -2.43. The van der Waals surface area contributed by atoms with E-state index in [2.05, 4.69) is 32.3 Å². The molecule has 1 rings (SSSR count). The zero-order valence-corrected chi connectivity index (χ0v) is 8.95. The van der Waals surface area contributed by atoms with Crippen LogP contribution in [-0.2, 0) is 0 Å². The lowest BCUT2D eigenvalue weighted by atomic mass is 9.81. The van der Waals surface area contributed by atoms with Gasteiger partial charge in [0, 0.05) is 24.5 Å². The van der Waals surface area contributed by atoms with E-state index in [1.807, 2.05) is 6.08 Å². The number of piperidine rings is 1. The highest BCUT2D eigenvalue weighted by Crippen LogP contribution is 2.29. The number of hydrogen-bond donors (Lipinski definition) is 1. The van der Waals surface area contributed by atoms with E-state index < -0.39 is 0 Å². The van der Waals surface area contributed by atoms with Gasteiger partial charge in [-0.3, -0.25) is 4.90 Å². The molecule has 1 aliphatic heterocycles. The van der Waals surface area contributed by atoms with Crippen molar-refractivity contribution in [3.63, 3.8) is 0 Å². The van der Waals surface area contributed by atoms with Crippen LogP contribution in [-0.4, -0.2) is 35.2 Å². The molecule has 2 unspecified atom stereocenters. The molecule has 0 saturated carbocycles. The fourth-order valence-electron chi connectivity index (χ4n) is 1.88. The molecule has 1 aliphatic rings. The average molecular weight is 183 g/mol. The van der Waals surface area contributed by atoms with E-state index in [-0.39, 0.29) is 11.5 Å². The summed E-state index contributed by atoms with van der Waals surface area (Å²) in [7, 11) is 0. The number of aliphatic hydroxyl groups is 1. The van der Waals surface area contributed by atoms with Crippen LogP contribution in [0.3, 0.4) is 0 Å². The van der Waals surface area contributed by atoms with Gasteiger partial charge in [-0.2, -0.15) is 0 Å². The van der Waals surface area contributed by atoms with Crippen molar-refractivity contribution in [2.45, 2.75) is 39.3 Å². The highest BCUT2D eigenvalue weighted by atomic mass is 16.3. The maximum atomic E-state index is 9.76. The van der Waals surface area contributed by atoms with Crippen LogP contribution in [0.15, 0.2) is 12.7 Å². The predicted octanol–water partition coefficient (Wildman–Crippen LogP) is 1.65. The molecule has 0 bridgehead atoms. The number of likely N-dealkylation sites (tertiary alicyclic amines) is 1. The average Bonchev–Trinajstić information content (AvgIpc) is 2.08. The predicted molar refractivity (Wildman–Crippen MR) is 55.6 cm³/mol. The summed E-state index contributed by atoms with van der Waals surface area (Å²) in [5.41, 5.74) is 0.0233. The molecule has 1 N–H and O–H groups in total. The molecule has 1 heterocycles. The Balaban J connectivity index is 2.60. The minimum absolute atomic E-state index is 0.0233. The van der Waals surface area contributed by atoms with E-state index >= 15 is 0 Å². The standard InChI is InChI=1S/C11H21NO/c1-5-9(2)12-7-6-10(13)11(3,4)8-12/h5,9-10,13H,1,6-8H2,2-4H3. The molecular formula is C11H21NO. The molecule has 76 valence electrons. The van der Waals surface area contributed by atoms with Gasteiger partial charge in [0.2, 0.25) is 0 Å². The molecular weight excluding hydrogens is 162 g/mol. The van der Waals surface area contributed by atoms with Crippen LogP contribution in [0.4, 0.5) is 0 Å². The zero-order chi connectivity index (χ0) is 10.1. The first-order valence-corrected chi connectivity index (χ1v) is 5.02. The number of hydrogen-bond acceptors (Lipinski definition) is 2. The van der Waals surface area contributed by atoms with E-state index in [9.17, 15) is 5.11 Å². The summed E-state index contributed by atoms with van der Waals surface area (Å²) in [4.78, 5) is 2.37. The van der Waals surface area contributed by atoms with E-state index in [1.165, 1.54) is 0 Å². The lowest BCUT2D eigenvalue weighted by molar-refractivity contribution is -0.0304. The van der Waals surface area contributed by atoms with Crippen molar-refractivity contribution < 1.29 is 5.11 Å². The third-order valence-corrected chi connectivity index (χ3v) is 3.12. The quantitative estimate of drug-likeness (QED) is 0.658. The van der Waals surface area contributed by atoms with Crippen molar-refractivity contribution in [1.29, 1.82) is 0 Å². The van der Waals surface area contributed by atoms with Gasteiger partial charge in [0.1, 0.15) is 0 Å². The SMILES string of the molecule is C=CC(C)N1CCC(O)C(C)(C)C1. The molecule has 2 nitrogen and oxygen atoms in total. The van der Waals surface area contributed by atoms with Gasteiger partial charge in [-0.05, 0) is 13.3 Å². The molecule has 0 amide bonds. The normalized spacial score (nSPS) is 31.2. The molecule has 0 aliphatic carbocycles. The Kier molecular flexibility index (Phi) is 3.14. The first-order valence-electron chi connectivity index (χ1n) is 5.02. The van der Waals surface area contributed by atoms with E-state index in [0.717, 1.165) is 19.5 Å². The molecule has 1 saturated heterocycles. The molecule has 0 spiro atoms. The summed E-state index contributed by atoms with van der Waals surface area (Å²) in [5, 5.41) is 9.76. The number of aliphatic hydroxyl groups excluding tert-OH is 1. The van der Waals surface area contributed by atoms with Gasteiger partial charge in [-0.1, -0.05) is 19.9 Å². The topological polar surface area (TPSA) is 23.5 Å². The van der Waals surface area contributed by atoms with Crippen LogP contribution >= 0.6 is 0 Å². The van der Waals surface area contributed by atoms with Crippen molar-refractivity contribution in [3.8, 4) is 0 Å². The molecule has 0 aromatic rings. The van der Waals surface area contributed by atoms with Gasteiger partial charge in [0.15, 0.2) is 0 Å². The van der Waals surface area contributed by atoms with Crippen molar-refractivity contribution in [2.75, 3.05) is 13.1 Å². The first kappa shape index (κ1) is 10.7. The Labute approximate surface area is 81.2 Å². The fraction of sp³-hybridized carbons (Fsp3) is 0.818. The Morgan fingerprint density at radius 2 is 2.23 bits per heavy atom. The third kappa shape index (κ3) is 2.32. The summed E-state index contributed by atoms with van der Waals surface area (Å²) >= 11 is 0. The first-order chi connectivity index (χ1) is 5.97. The van der Waals surface area contributed by atoms with Crippen LogP contribution in [0.1, 0.15) is 27.2 Å². The molecule has 2 heteroatoms. The fourth-order valence-corrected chi connectivity index (χ4v) is 1.88. The minimum atomic E-state index is -0.152. The lowest BCUT2D eigenvalue weighted by Crippen LogP contribution is -2.50. The monoisotopic (exact) mass is 183 g/mol. The van der Waals surface area contributed by atoms with E-state index in [1.54, 1.807) is 0 Å². The van der Waals surface area contributed by atoms with Crippen LogP contribution in [0.25, 0.3) is 0 Å². The maximum Gasteiger partial charge on any atom is 0.0615 e. The number of rotatable bonds is 2. The molecule has 0 radical (unpaired) electrons. The molecule has 2 atom stereocenters. The van der Waals surface area contributed by atoms with Crippen LogP contribution in [0.5, 0.6) is 0 Å². The second-order valence-electron chi connectivity index (χ2n) is 4.74. The molecule has 1 fully saturated rings. The molecule has 0 aromatic heterocycles. The van der Waals surface area contributed by atoms with Gasteiger partial charge in [0.25, 0.3) is 0 Å². The second kappa shape index (κ2) is 3.81. The van der Waals surface area contributed by atoms with Gasteiger partial charge in [0.05, 0.1) is 6.10 Å². The van der Waals surface area contributed by atoms with E-state index in [0.29, 0.717) is 6.04 Å². The summed E-state index contributed by atoms with van der Waals surface area (Å²) < 4.78 is 0. The van der Waals surface area contributed by atoms with Gasteiger partial charge >= 0.3 is 0 Å². The highest BCUT2D eigenvalue weighted by molar-refractivity contribution is 4.93. The summed E-state index contributed by atoms with van der Waals surface area (Å²) in [6.45, 7) is 12.1. The zero-order valence-electron chi connectivity index (χ0n) is 8.95. The van der Waals surface area contributed by atoms with Crippen LogP contribution < -0.4 is 0 Å². The molecule has 13 heavy (non-hydrogen) atoms. The van der Waals surface area contributed by atoms with Crippen LogP contribution in [0.2, 0.25) is 0 Å². The van der Waals surface area contributed by atoms with Gasteiger partial charge in [-0.25, -0.2) is 0 Å². The van der Waals surface area contributed by atoms with Crippen LogP contribution in [0, 0.1) is 5.41 Å². The second-order valence-corrected chi connectivity index (χ2v) is 4.74. The summed E-state index contributed by atoms with van der Waals surface area (Å²) in [6.07, 6.45) is 2.69. The number of nitrogens with zero attached hydrogens (tertiary/aromatic N) is 1. The summed E-state index contributed by atoms with van der Waals surface area (Å²) in [5.74, 6) is 0. The Morgan fingerprint density at radius 3 is 2.69 bits per heavy atom. The third-order valence-electron chi connectivity index (χ3n) is 3.12.